The maximum Gasteiger partial charge on any atom is 0.487 e. The standard InChI is InChI=1S/C17H15BrClF2N3O3/c1-16(26)8-24(9-16)14-13(18)6-10(7-22-14)15(25)23-11-2-4-12(5-3-11)27-17(19,20)21/h2-7,26H,8-9H2,1H3,(H,23,25). The van der Waals surface area contributed by atoms with E-state index in [1.54, 1.807) is 13.0 Å². The normalized spacial score (nSPS) is 15.9. The van der Waals surface area contributed by atoms with Crippen LogP contribution in [0.25, 0.3) is 0 Å². The number of benzene rings is 1. The largest absolute Gasteiger partial charge is 0.487 e. The lowest BCUT2D eigenvalue weighted by atomic mass is 9.97. The third kappa shape index (κ3) is 5.06. The van der Waals surface area contributed by atoms with Gasteiger partial charge in [0.15, 0.2) is 0 Å². The van der Waals surface area contributed by atoms with Crippen LogP contribution < -0.4 is 15.0 Å². The minimum atomic E-state index is -3.80. The number of β-amino-alcohol motifs (C(OH)–C–C–N with tert-alkyl or cyclic N) is 1. The Morgan fingerprint density at radius 3 is 2.56 bits per heavy atom. The Bertz CT molecular complexity index is 851. The number of nitrogens with one attached hydrogen (secondary N) is 1. The first-order chi connectivity index (χ1) is 12.5. The van der Waals surface area contributed by atoms with Gasteiger partial charge < -0.3 is 20.1 Å². The number of alkyl halides is 3. The van der Waals surface area contributed by atoms with Crippen molar-refractivity contribution < 1.29 is 23.4 Å². The number of anilines is 2. The third-order valence-electron chi connectivity index (χ3n) is 3.79. The molecular formula is C17H15BrClF2N3O3. The molecule has 3 rings (SSSR count). The first-order valence-electron chi connectivity index (χ1n) is 7.82. The summed E-state index contributed by atoms with van der Waals surface area (Å²) in [7, 11) is 0. The molecule has 2 aromatic rings. The number of carbonyl (C=O) groups excluding carboxylic acids is 1. The van der Waals surface area contributed by atoms with Crippen LogP contribution >= 0.6 is 27.5 Å². The number of pyridine rings is 1. The number of aromatic nitrogens is 1. The molecule has 1 aromatic heterocycles. The van der Waals surface area contributed by atoms with Crippen LogP contribution in [0.1, 0.15) is 17.3 Å². The Kier molecular flexibility index (Phi) is 5.29. The number of aliphatic hydroxyl groups is 1. The van der Waals surface area contributed by atoms with Crippen LogP contribution in [-0.2, 0) is 0 Å². The molecule has 0 atom stereocenters. The van der Waals surface area contributed by atoms with Gasteiger partial charge in [-0.15, -0.1) is 8.78 Å². The van der Waals surface area contributed by atoms with Crippen molar-refractivity contribution in [3.05, 3.63) is 46.6 Å². The fourth-order valence-corrected chi connectivity index (χ4v) is 3.35. The molecule has 1 aliphatic heterocycles. The second-order valence-corrected chi connectivity index (χ2v) is 7.70. The minimum Gasteiger partial charge on any atom is -0.420 e. The highest BCUT2D eigenvalue weighted by Crippen LogP contribution is 2.32. The Labute approximate surface area is 167 Å². The maximum absolute atomic E-state index is 12.6. The van der Waals surface area contributed by atoms with Gasteiger partial charge in [-0.05, 0) is 53.2 Å². The summed E-state index contributed by atoms with van der Waals surface area (Å²) < 4.78 is 30.0. The average molecular weight is 463 g/mol. The third-order valence-corrected chi connectivity index (χ3v) is 4.45. The van der Waals surface area contributed by atoms with Gasteiger partial charge in [-0.3, -0.25) is 4.79 Å². The molecular weight excluding hydrogens is 448 g/mol. The molecule has 6 nitrogen and oxygen atoms in total. The number of ether oxygens (including phenoxy) is 1. The van der Waals surface area contributed by atoms with Gasteiger partial charge in [0.25, 0.3) is 5.91 Å². The number of nitrogens with zero attached hydrogens (tertiary/aromatic N) is 2. The van der Waals surface area contributed by atoms with Crippen LogP contribution in [0.3, 0.4) is 0 Å². The van der Waals surface area contributed by atoms with Crippen molar-refractivity contribution >= 4 is 44.9 Å². The van der Waals surface area contributed by atoms with Gasteiger partial charge in [0.05, 0.1) is 15.6 Å². The van der Waals surface area contributed by atoms with Gasteiger partial charge in [-0.1, -0.05) is 0 Å². The summed E-state index contributed by atoms with van der Waals surface area (Å²) in [5, 5.41) is 12.5. The van der Waals surface area contributed by atoms with Crippen LogP contribution in [0.4, 0.5) is 20.3 Å². The highest BCUT2D eigenvalue weighted by atomic mass is 79.9. The van der Waals surface area contributed by atoms with Crippen LogP contribution in [0.15, 0.2) is 41.0 Å². The molecule has 1 amide bonds. The van der Waals surface area contributed by atoms with Crippen molar-refractivity contribution in [2.24, 2.45) is 0 Å². The van der Waals surface area contributed by atoms with Crippen molar-refractivity contribution in [3.8, 4) is 5.75 Å². The molecule has 0 aliphatic carbocycles. The molecule has 2 heterocycles. The molecule has 27 heavy (non-hydrogen) atoms. The second-order valence-electron chi connectivity index (χ2n) is 6.41. The van der Waals surface area contributed by atoms with E-state index in [1.807, 2.05) is 4.90 Å². The summed E-state index contributed by atoms with van der Waals surface area (Å²) >= 11 is 8.08. The number of rotatable bonds is 5. The first-order valence-corrected chi connectivity index (χ1v) is 9.00. The van der Waals surface area contributed by atoms with Crippen molar-refractivity contribution in [2.75, 3.05) is 23.3 Å². The monoisotopic (exact) mass is 461 g/mol. The van der Waals surface area contributed by atoms with Crippen molar-refractivity contribution in [1.29, 1.82) is 0 Å². The summed E-state index contributed by atoms with van der Waals surface area (Å²) in [6, 6.07) is 6.97. The molecule has 1 fully saturated rings. The fraction of sp³-hybridized carbons (Fsp3) is 0.294. The van der Waals surface area contributed by atoms with Crippen molar-refractivity contribution in [2.45, 2.75) is 18.1 Å². The van der Waals surface area contributed by atoms with E-state index in [9.17, 15) is 18.7 Å². The second kappa shape index (κ2) is 7.21. The minimum absolute atomic E-state index is 0.132. The van der Waals surface area contributed by atoms with Crippen LogP contribution in [0.2, 0.25) is 0 Å². The van der Waals surface area contributed by atoms with Gasteiger partial charge >= 0.3 is 5.57 Å². The topological polar surface area (TPSA) is 74.7 Å². The highest BCUT2D eigenvalue weighted by molar-refractivity contribution is 9.10. The predicted molar refractivity (Wildman–Crippen MR) is 101 cm³/mol. The smallest absolute Gasteiger partial charge is 0.420 e. The maximum atomic E-state index is 12.6. The van der Waals surface area contributed by atoms with Crippen LogP contribution in [0, 0.1) is 0 Å². The van der Waals surface area contributed by atoms with Crippen molar-refractivity contribution in [1.82, 2.24) is 4.98 Å². The Morgan fingerprint density at radius 1 is 1.41 bits per heavy atom. The summed E-state index contributed by atoms with van der Waals surface area (Å²) in [6.07, 6.45) is 1.42. The Morgan fingerprint density at radius 2 is 2.04 bits per heavy atom. The fourth-order valence-electron chi connectivity index (χ4n) is 2.66. The Hall–Kier alpha value is -1.97. The van der Waals surface area contributed by atoms with Gasteiger partial charge in [-0.25, -0.2) is 4.98 Å². The van der Waals surface area contributed by atoms with Gasteiger partial charge in [0.2, 0.25) is 0 Å². The van der Waals surface area contributed by atoms with E-state index in [1.165, 1.54) is 30.5 Å². The van der Waals surface area contributed by atoms with E-state index in [0.717, 1.165) is 0 Å². The molecule has 0 unspecified atom stereocenters. The number of halogens is 4. The number of hydrogen-bond acceptors (Lipinski definition) is 5. The number of amides is 1. The average Bonchev–Trinajstić information content (AvgIpc) is 2.53. The molecule has 1 aliphatic rings. The summed E-state index contributed by atoms with van der Waals surface area (Å²) in [5.74, 6) is 0.0930. The molecule has 0 radical (unpaired) electrons. The molecule has 1 saturated heterocycles. The quantitative estimate of drug-likeness (QED) is 0.661. The van der Waals surface area contributed by atoms with E-state index in [-0.39, 0.29) is 5.75 Å². The summed E-state index contributed by atoms with van der Waals surface area (Å²) in [4.78, 5) is 18.5. The zero-order valence-electron chi connectivity index (χ0n) is 14.0. The van der Waals surface area contributed by atoms with Crippen LogP contribution in [0.5, 0.6) is 5.75 Å². The SMILES string of the molecule is CC1(O)CN(c2ncc(C(=O)Nc3ccc(OC(F)(F)Cl)cc3)cc2Br)C1. The zero-order valence-corrected chi connectivity index (χ0v) is 16.4. The summed E-state index contributed by atoms with van der Waals surface area (Å²) in [5.41, 5.74) is -3.83. The van der Waals surface area contributed by atoms with Gasteiger partial charge in [0.1, 0.15) is 11.6 Å². The van der Waals surface area contributed by atoms with Crippen LogP contribution in [-0.4, -0.2) is 40.3 Å². The predicted octanol–water partition coefficient (Wildman–Crippen LogP) is 3.84. The highest BCUT2D eigenvalue weighted by Gasteiger charge is 2.38. The lowest BCUT2D eigenvalue weighted by molar-refractivity contribution is -0.0964. The first kappa shape index (κ1) is 19.8. The van der Waals surface area contributed by atoms with Crippen molar-refractivity contribution in [3.63, 3.8) is 0 Å². The molecule has 0 saturated carbocycles. The zero-order chi connectivity index (χ0) is 19.8. The molecule has 0 spiro atoms. The van der Waals surface area contributed by atoms with E-state index < -0.39 is 17.1 Å². The Balaban J connectivity index is 1.65. The lowest BCUT2D eigenvalue weighted by Gasteiger charge is -2.45. The number of carbonyl (C=O) groups is 1. The molecule has 144 valence electrons. The van der Waals surface area contributed by atoms with Gasteiger partial charge in [0, 0.05) is 36.6 Å². The number of hydrogen-bond donors (Lipinski definition) is 2. The summed E-state index contributed by atoms with van der Waals surface area (Å²) in [6.45, 7) is 2.66. The van der Waals surface area contributed by atoms with Gasteiger partial charge in [-0.2, -0.15) is 0 Å². The van der Waals surface area contributed by atoms with E-state index >= 15 is 0 Å². The van der Waals surface area contributed by atoms with E-state index in [0.29, 0.717) is 34.6 Å². The molecule has 1 aromatic carbocycles. The lowest BCUT2D eigenvalue weighted by Crippen LogP contribution is -2.60. The molecule has 2 N–H and O–H groups in total. The molecule has 10 heteroatoms. The molecule has 0 bridgehead atoms. The van der Waals surface area contributed by atoms with E-state index in [4.69, 9.17) is 11.6 Å². The van der Waals surface area contributed by atoms with E-state index in [2.05, 4.69) is 31.0 Å².